The predicted molar refractivity (Wildman–Crippen MR) is 135 cm³/mol. The molecule has 35 heavy (non-hydrogen) atoms. The van der Waals surface area contributed by atoms with E-state index in [0.29, 0.717) is 24.1 Å². The Hall–Kier alpha value is -2.19. The summed E-state index contributed by atoms with van der Waals surface area (Å²) in [6, 6.07) is 12.6. The average molecular weight is 507 g/mol. The minimum absolute atomic E-state index is 0.0312. The maximum Gasteiger partial charge on any atom is 0.310 e. The van der Waals surface area contributed by atoms with Gasteiger partial charge in [-0.3, -0.25) is 9.69 Å². The third-order valence-electron chi connectivity index (χ3n) is 6.60. The first-order valence-electron chi connectivity index (χ1n) is 12.0. The molecule has 1 saturated heterocycles. The van der Waals surface area contributed by atoms with E-state index in [1.54, 1.807) is 6.92 Å². The lowest BCUT2D eigenvalue weighted by atomic mass is 9.88. The molecule has 0 spiro atoms. The molecule has 3 rings (SSSR count). The highest BCUT2D eigenvalue weighted by atomic mass is 35.5. The molecule has 1 heterocycles. The molecule has 2 aromatic rings. The quantitative estimate of drug-likeness (QED) is 0.470. The molecule has 1 aliphatic heterocycles. The van der Waals surface area contributed by atoms with Crippen LogP contribution in [-0.4, -0.2) is 60.5 Å². The van der Waals surface area contributed by atoms with E-state index in [4.69, 9.17) is 21.1 Å². The summed E-state index contributed by atoms with van der Waals surface area (Å²) in [4.78, 5) is 14.1. The zero-order chi connectivity index (χ0) is 25.6. The molecule has 8 heteroatoms. The summed E-state index contributed by atoms with van der Waals surface area (Å²) in [6.45, 7) is 8.23. The number of hydrogen-bond acceptors (Lipinski definition) is 6. The molecular formula is C27H36ClFN2O4. The number of hydrogen-bond donors (Lipinski definition) is 2. The monoisotopic (exact) mass is 506 g/mol. The molecule has 0 aliphatic carbocycles. The molecule has 0 amide bonds. The van der Waals surface area contributed by atoms with Gasteiger partial charge >= 0.3 is 5.97 Å². The zero-order valence-electron chi connectivity index (χ0n) is 20.9. The minimum atomic E-state index is -1.18. The molecule has 1 fully saturated rings. The van der Waals surface area contributed by atoms with E-state index in [0.717, 1.165) is 24.5 Å². The van der Waals surface area contributed by atoms with E-state index in [9.17, 15) is 14.3 Å². The number of rotatable bonds is 10. The molecule has 0 bridgehead atoms. The fourth-order valence-electron chi connectivity index (χ4n) is 4.43. The Morgan fingerprint density at radius 2 is 1.97 bits per heavy atom. The van der Waals surface area contributed by atoms with E-state index < -0.39 is 17.4 Å². The van der Waals surface area contributed by atoms with Crippen LogP contribution in [0.2, 0.25) is 5.02 Å². The van der Waals surface area contributed by atoms with Gasteiger partial charge < -0.3 is 19.9 Å². The van der Waals surface area contributed by atoms with Crippen LogP contribution in [0.15, 0.2) is 42.5 Å². The van der Waals surface area contributed by atoms with Gasteiger partial charge in [-0.05, 0) is 49.9 Å². The standard InChI is InChI=1S/C27H36ClFN2O4/c1-18-14-31(15-20-5-8-22(28)9-6-20)19(2)11-24(18)30-16-27(3,33)17-35-25-13-23(29)10-7-21(25)12-26(32)34-4/h5-10,13,18-19,24,30,33H,11-12,14-17H2,1-4H3/t18-,19+,24+,27-/m0/s1. The molecule has 6 nitrogen and oxygen atoms in total. The molecule has 2 N–H and O–H groups in total. The van der Waals surface area contributed by atoms with Gasteiger partial charge in [0.25, 0.3) is 0 Å². The summed E-state index contributed by atoms with van der Waals surface area (Å²) in [5.41, 5.74) is 0.569. The van der Waals surface area contributed by atoms with E-state index in [1.807, 2.05) is 12.1 Å². The maximum atomic E-state index is 13.8. The van der Waals surface area contributed by atoms with Crippen molar-refractivity contribution in [3.63, 3.8) is 0 Å². The highest BCUT2D eigenvalue weighted by molar-refractivity contribution is 6.30. The molecule has 0 radical (unpaired) electrons. The van der Waals surface area contributed by atoms with Gasteiger partial charge in [0, 0.05) is 48.4 Å². The second-order valence-corrected chi connectivity index (χ2v) is 10.3. The number of likely N-dealkylation sites (tertiary alicyclic amines) is 1. The number of halogens is 2. The highest BCUT2D eigenvalue weighted by Gasteiger charge is 2.32. The van der Waals surface area contributed by atoms with Crippen LogP contribution in [0.1, 0.15) is 38.3 Å². The van der Waals surface area contributed by atoms with Crippen molar-refractivity contribution >= 4 is 17.6 Å². The Bertz CT molecular complexity index is 986. The van der Waals surface area contributed by atoms with Crippen LogP contribution >= 0.6 is 11.6 Å². The molecule has 4 atom stereocenters. The van der Waals surface area contributed by atoms with Crippen LogP contribution in [-0.2, 0) is 22.5 Å². The van der Waals surface area contributed by atoms with E-state index in [1.165, 1.54) is 30.9 Å². The molecule has 2 aromatic carbocycles. The smallest absolute Gasteiger partial charge is 0.310 e. The van der Waals surface area contributed by atoms with Crippen LogP contribution < -0.4 is 10.1 Å². The van der Waals surface area contributed by atoms with E-state index in [2.05, 4.69) is 36.2 Å². The van der Waals surface area contributed by atoms with Crippen molar-refractivity contribution < 1.29 is 23.8 Å². The molecule has 0 aromatic heterocycles. The van der Waals surface area contributed by atoms with Crippen molar-refractivity contribution in [1.82, 2.24) is 10.2 Å². The summed E-state index contributed by atoms with van der Waals surface area (Å²) in [5.74, 6) is -0.293. The van der Waals surface area contributed by atoms with Crippen LogP contribution in [0.4, 0.5) is 4.39 Å². The van der Waals surface area contributed by atoms with Gasteiger partial charge in [-0.15, -0.1) is 0 Å². The van der Waals surface area contributed by atoms with Crippen molar-refractivity contribution in [2.45, 2.75) is 57.8 Å². The number of ether oxygens (including phenoxy) is 2. The number of esters is 1. The first-order valence-corrected chi connectivity index (χ1v) is 12.4. The van der Waals surface area contributed by atoms with Gasteiger partial charge in [0.15, 0.2) is 0 Å². The lowest BCUT2D eigenvalue weighted by Gasteiger charge is -2.43. The largest absolute Gasteiger partial charge is 0.490 e. The van der Waals surface area contributed by atoms with Crippen molar-refractivity contribution in [3.05, 3.63) is 64.4 Å². The predicted octanol–water partition coefficient (Wildman–Crippen LogP) is 4.21. The molecule has 1 aliphatic rings. The number of aliphatic hydroxyl groups is 1. The topological polar surface area (TPSA) is 71.0 Å². The van der Waals surface area contributed by atoms with E-state index >= 15 is 0 Å². The lowest BCUT2D eigenvalue weighted by molar-refractivity contribution is -0.139. The average Bonchev–Trinajstić information content (AvgIpc) is 2.81. The fourth-order valence-corrected chi connectivity index (χ4v) is 4.55. The summed E-state index contributed by atoms with van der Waals surface area (Å²) >= 11 is 6.01. The molecule has 192 valence electrons. The Balaban J connectivity index is 1.52. The summed E-state index contributed by atoms with van der Waals surface area (Å²) in [6.07, 6.45) is 0.926. The Morgan fingerprint density at radius 3 is 2.66 bits per heavy atom. The van der Waals surface area contributed by atoms with Gasteiger partial charge in [-0.2, -0.15) is 0 Å². The van der Waals surface area contributed by atoms with Crippen molar-refractivity contribution in [3.8, 4) is 5.75 Å². The third kappa shape index (κ3) is 8.17. The number of methoxy groups -OCH3 is 1. The van der Waals surface area contributed by atoms with Crippen LogP contribution in [0.3, 0.4) is 0 Å². The van der Waals surface area contributed by atoms with E-state index in [-0.39, 0.29) is 24.8 Å². The van der Waals surface area contributed by atoms with Gasteiger partial charge in [-0.25, -0.2) is 4.39 Å². The number of piperidine rings is 1. The molecular weight excluding hydrogens is 471 g/mol. The van der Waals surface area contributed by atoms with Gasteiger partial charge in [-0.1, -0.05) is 36.7 Å². The number of carbonyl (C=O) groups is 1. The SMILES string of the molecule is COC(=O)Cc1ccc(F)cc1OC[C@@](C)(O)CN[C@@H]1C[C@@H](C)N(Cc2ccc(Cl)cc2)C[C@@H]1C. The molecule has 0 saturated carbocycles. The van der Waals surface area contributed by atoms with Crippen LogP contribution in [0, 0.1) is 11.7 Å². The Labute approximate surface area is 212 Å². The van der Waals surface area contributed by atoms with Crippen molar-refractivity contribution in [1.29, 1.82) is 0 Å². The number of benzene rings is 2. The minimum Gasteiger partial charge on any atom is -0.490 e. The second kappa shape index (κ2) is 12.2. The number of carbonyl (C=O) groups excluding carboxylic acids is 1. The normalized spacial score (nSPS) is 22.4. The van der Waals surface area contributed by atoms with Gasteiger partial charge in [0.1, 0.15) is 23.8 Å². The zero-order valence-corrected chi connectivity index (χ0v) is 21.6. The van der Waals surface area contributed by atoms with Crippen LogP contribution in [0.25, 0.3) is 0 Å². The first-order chi connectivity index (χ1) is 16.6. The highest BCUT2D eigenvalue weighted by Crippen LogP contribution is 2.26. The lowest BCUT2D eigenvalue weighted by Crippen LogP contribution is -2.55. The fraction of sp³-hybridized carbons (Fsp3) is 0.519. The summed E-state index contributed by atoms with van der Waals surface area (Å²) in [7, 11) is 1.30. The number of nitrogens with one attached hydrogen (secondary N) is 1. The van der Waals surface area contributed by atoms with Crippen LogP contribution in [0.5, 0.6) is 5.75 Å². The van der Waals surface area contributed by atoms with Gasteiger partial charge in [0.05, 0.1) is 13.5 Å². The van der Waals surface area contributed by atoms with Crippen molar-refractivity contribution in [2.24, 2.45) is 5.92 Å². The Morgan fingerprint density at radius 1 is 1.26 bits per heavy atom. The maximum absolute atomic E-state index is 13.8. The summed E-state index contributed by atoms with van der Waals surface area (Å²) < 4.78 is 24.2. The number of nitrogens with zero attached hydrogens (tertiary/aromatic N) is 1. The second-order valence-electron chi connectivity index (χ2n) is 9.90. The molecule has 0 unspecified atom stereocenters. The third-order valence-corrected chi connectivity index (χ3v) is 6.85. The Kier molecular flexibility index (Phi) is 9.53. The van der Waals surface area contributed by atoms with Gasteiger partial charge in [0.2, 0.25) is 0 Å². The summed E-state index contributed by atoms with van der Waals surface area (Å²) in [5, 5.41) is 15.2. The first kappa shape index (κ1) is 27.4. The van der Waals surface area contributed by atoms with Crippen molar-refractivity contribution in [2.75, 3.05) is 26.8 Å².